The first-order valence-electron chi connectivity index (χ1n) is 7.02. The quantitative estimate of drug-likeness (QED) is 0.656. The van der Waals surface area contributed by atoms with Crippen molar-refractivity contribution in [1.82, 2.24) is 10.6 Å². The molecule has 0 aliphatic heterocycles. The molecule has 1 unspecified atom stereocenters. The zero-order valence-electron chi connectivity index (χ0n) is 11.9. The number of aryl methyl sites for hydroxylation is 1. The number of benzene rings is 1. The molecule has 6 nitrogen and oxygen atoms in total. The third kappa shape index (κ3) is 3.95. The fourth-order valence-corrected chi connectivity index (χ4v) is 2.58. The Morgan fingerprint density at radius 2 is 1.95 bits per heavy atom. The highest BCUT2D eigenvalue weighted by atomic mass is 16.4. The summed E-state index contributed by atoms with van der Waals surface area (Å²) in [5, 5.41) is 23.3. The molecule has 2 amide bonds. The Morgan fingerprint density at radius 1 is 1.29 bits per heavy atom. The topological polar surface area (TPSA) is 98.7 Å². The molecule has 0 saturated heterocycles. The highest BCUT2D eigenvalue weighted by molar-refractivity contribution is 5.83. The van der Waals surface area contributed by atoms with Crippen LogP contribution in [0.1, 0.15) is 24.5 Å². The van der Waals surface area contributed by atoms with E-state index in [1.165, 1.54) is 18.1 Å². The first kappa shape index (κ1) is 15.3. The highest BCUT2D eigenvalue weighted by Crippen LogP contribution is 2.20. The number of aliphatic hydroxyl groups is 1. The predicted molar refractivity (Wildman–Crippen MR) is 77.0 cm³/mol. The van der Waals surface area contributed by atoms with Crippen LogP contribution in [-0.4, -0.2) is 40.4 Å². The second kappa shape index (κ2) is 6.58. The zero-order chi connectivity index (χ0) is 15.4. The van der Waals surface area contributed by atoms with Gasteiger partial charge in [0, 0.05) is 6.04 Å². The van der Waals surface area contributed by atoms with Crippen LogP contribution >= 0.6 is 0 Å². The monoisotopic (exact) mass is 292 g/mol. The van der Waals surface area contributed by atoms with E-state index in [4.69, 9.17) is 5.11 Å². The minimum absolute atomic E-state index is 0.0247. The van der Waals surface area contributed by atoms with Crippen molar-refractivity contribution in [3.8, 4) is 0 Å². The molecule has 1 aromatic rings. The summed E-state index contributed by atoms with van der Waals surface area (Å²) in [6.45, 7) is 1.33. The summed E-state index contributed by atoms with van der Waals surface area (Å²) < 4.78 is 0. The van der Waals surface area contributed by atoms with Crippen LogP contribution < -0.4 is 10.6 Å². The number of fused-ring (bicyclic) bond motifs is 1. The second-order valence-corrected chi connectivity index (χ2v) is 5.38. The average Bonchev–Trinajstić information content (AvgIpc) is 2.44. The molecule has 0 aromatic heterocycles. The molecule has 2 rings (SSSR count). The molecule has 4 N–H and O–H groups in total. The Labute approximate surface area is 123 Å². The molecule has 6 heteroatoms. The lowest BCUT2D eigenvalue weighted by atomic mass is 9.88. The number of urea groups is 1. The van der Waals surface area contributed by atoms with E-state index in [1.807, 2.05) is 18.2 Å². The maximum absolute atomic E-state index is 11.8. The van der Waals surface area contributed by atoms with Gasteiger partial charge in [0.2, 0.25) is 0 Å². The van der Waals surface area contributed by atoms with E-state index >= 15 is 0 Å². The van der Waals surface area contributed by atoms with Crippen molar-refractivity contribution in [3.63, 3.8) is 0 Å². The molecular weight excluding hydrogens is 272 g/mol. The van der Waals surface area contributed by atoms with Gasteiger partial charge in [0.05, 0.1) is 6.10 Å². The van der Waals surface area contributed by atoms with Crippen LogP contribution in [0, 0.1) is 0 Å². The number of hydrogen-bond acceptors (Lipinski definition) is 3. The first-order valence-corrected chi connectivity index (χ1v) is 7.02. The zero-order valence-corrected chi connectivity index (χ0v) is 11.9. The fraction of sp³-hybridized carbons (Fsp3) is 0.467. The summed E-state index contributed by atoms with van der Waals surface area (Å²) in [5.41, 5.74) is 2.50. The normalized spacial score (nSPS) is 20.0. The van der Waals surface area contributed by atoms with Crippen LogP contribution in [0.3, 0.4) is 0 Å². The van der Waals surface area contributed by atoms with Crippen molar-refractivity contribution < 1.29 is 19.8 Å². The minimum Gasteiger partial charge on any atom is -0.480 e. The van der Waals surface area contributed by atoms with Crippen molar-refractivity contribution in [3.05, 3.63) is 35.4 Å². The summed E-state index contributed by atoms with van der Waals surface area (Å²) >= 11 is 0. The minimum atomic E-state index is -1.30. The maximum Gasteiger partial charge on any atom is 0.328 e. The lowest BCUT2D eigenvalue weighted by molar-refractivity contribution is -0.141. The summed E-state index contributed by atoms with van der Waals surface area (Å²) in [6.07, 6.45) is 1.28. The maximum atomic E-state index is 11.8. The van der Waals surface area contributed by atoms with E-state index < -0.39 is 24.1 Å². The number of nitrogens with one attached hydrogen (secondary N) is 2. The number of carbonyl (C=O) groups is 2. The number of aliphatic carboxylic acids is 1. The molecule has 1 aliphatic rings. The highest BCUT2D eigenvalue weighted by Gasteiger charge is 2.26. The average molecular weight is 292 g/mol. The van der Waals surface area contributed by atoms with Gasteiger partial charge in [-0.3, -0.25) is 0 Å². The van der Waals surface area contributed by atoms with E-state index in [0.717, 1.165) is 19.3 Å². The number of carboxylic acids is 1. The number of rotatable bonds is 4. The predicted octanol–water partition coefficient (Wildman–Crippen LogP) is 0.677. The van der Waals surface area contributed by atoms with E-state index in [-0.39, 0.29) is 6.04 Å². The number of aliphatic hydroxyl groups excluding tert-OH is 1. The number of carbonyl (C=O) groups excluding carboxylic acids is 1. The van der Waals surface area contributed by atoms with Crippen LogP contribution in [0.5, 0.6) is 0 Å². The number of amides is 2. The Morgan fingerprint density at radius 3 is 2.57 bits per heavy atom. The van der Waals surface area contributed by atoms with Gasteiger partial charge in [0.1, 0.15) is 0 Å². The molecule has 1 aromatic carbocycles. The molecule has 114 valence electrons. The van der Waals surface area contributed by atoms with E-state index in [1.54, 1.807) is 0 Å². The fourth-order valence-electron chi connectivity index (χ4n) is 2.58. The van der Waals surface area contributed by atoms with Gasteiger partial charge < -0.3 is 20.8 Å². The third-order valence-corrected chi connectivity index (χ3v) is 3.72. The van der Waals surface area contributed by atoms with E-state index in [2.05, 4.69) is 16.7 Å². The standard InChI is InChI=1S/C15H20N2O4/c1-9(18)13(14(19)20)17-15(21)16-12-7-6-10-4-2-3-5-11(10)8-12/h2-5,9,12-13,18H,6-8H2,1H3,(H,19,20)(H2,16,17,21)/t9-,12?,13+/m1/s1. The van der Waals surface area contributed by atoms with E-state index in [9.17, 15) is 14.7 Å². The Hall–Kier alpha value is -2.08. The Kier molecular flexibility index (Phi) is 4.80. The first-order chi connectivity index (χ1) is 9.97. The molecule has 0 radical (unpaired) electrons. The summed E-state index contributed by atoms with van der Waals surface area (Å²) in [7, 11) is 0. The lowest BCUT2D eigenvalue weighted by Crippen LogP contribution is -2.53. The molecular formula is C15H20N2O4. The van der Waals surface area contributed by atoms with Gasteiger partial charge in [0.25, 0.3) is 0 Å². The third-order valence-electron chi connectivity index (χ3n) is 3.72. The molecule has 3 atom stereocenters. The molecule has 1 aliphatic carbocycles. The Balaban J connectivity index is 1.91. The van der Waals surface area contributed by atoms with Gasteiger partial charge in [-0.15, -0.1) is 0 Å². The van der Waals surface area contributed by atoms with E-state index in [0.29, 0.717) is 0 Å². The van der Waals surface area contributed by atoms with Crippen molar-refractivity contribution in [2.75, 3.05) is 0 Å². The van der Waals surface area contributed by atoms with Gasteiger partial charge in [-0.25, -0.2) is 9.59 Å². The SMILES string of the molecule is C[C@@H](O)[C@H](NC(=O)NC1CCc2ccccc2C1)C(=O)O. The van der Waals surface area contributed by atoms with Gasteiger partial charge in [-0.1, -0.05) is 24.3 Å². The van der Waals surface area contributed by atoms with Gasteiger partial charge in [-0.2, -0.15) is 0 Å². The smallest absolute Gasteiger partial charge is 0.328 e. The van der Waals surface area contributed by atoms with Crippen LogP contribution in [0.25, 0.3) is 0 Å². The van der Waals surface area contributed by atoms with Crippen LogP contribution in [0.15, 0.2) is 24.3 Å². The van der Waals surface area contributed by atoms with Crippen LogP contribution in [0.4, 0.5) is 4.79 Å². The number of hydrogen-bond donors (Lipinski definition) is 4. The van der Waals surface area contributed by atoms with Crippen molar-refractivity contribution in [1.29, 1.82) is 0 Å². The molecule has 0 heterocycles. The lowest BCUT2D eigenvalue weighted by Gasteiger charge is -2.26. The van der Waals surface area contributed by atoms with Gasteiger partial charge >= 0.3 is 12.0 Å². The summed E-state index contributed by atoms with van der Waals surface area (Å²) in [4.78, 5) is 22.8. The molecule has 21 heavy (non-hydrogen) atoms. The van der Waals surface area contributed by atoms with Crippen molar-refractivity contribution in [2.24, 2.45) is 0 Å². The molecule has 0 spiro atoms. The van der Waals surface area contributed by atoms with Crippen molar-refractivity contribution in [2.45, 2.75) is 44.4 Å². The summed E-state index contributed by atoms with van der Waals surface area (Å²) in [6, 6.07) is 6.20. The molecule has 0 fully saturated rings. The van der Waals surface area contributed by atoms with Crippen LogP contribution in [0.2, 0.25) is 0 Å². The Bertz CT molecular complexity index is 530. The van der Waals surface area contributed by atoms with Crippen LogP contribution in [-0.2, 0) is 17.6 Å². The number of carboxylic acid groups (broad SMARTS) is 1. The largest absolute Gasteiger partial charge is 0.480 e. The summed E-state index contributed by atoms with van der Waals surface area (Å²) in [5.74, 6) is -1.26. The second-order valence-electron chi connectivity index (χ2n) is 5.38. The van der Waals surface area contributed by atoms with Crippen molar-refractivity contribution >= 4 is 12.0 Å². The van der Waals surface area contributed by atoms with Gasteiger partial charge in [-0.05, 0) is 37.3 Å². The molecule has 0 saturated carbocycles. The molecule has 0 bridgehead atoms. The van der Waals surface area contributed by atoms with Gasteiger partial charge in [0.15, 0.2) is 6.04 Å².